The summed E-state index contributed by atoms with van der Waals surface area (Å²) in [4.78, 5) is 4.51. The Balaban J connectivity index is 2.22. The van der Waals surface area contributed by atoms with Crippen LogP contribution in [0.1, 0.15) is 19.1 Å². The van der Waals surface area contributed by atoms with Crippen LogP contribution in [0.2, 0.25) is 0 Å². The largest absolute Gasteiger partial charge is 0.469 e. The van der Waals surface area contributed by atoms with Crippen LogP contribution in [0.15, 0.2) is 40.5 Å². The molecule has 0 amide bonds. The first kappa shape index (κ1) is 16.7. The fourth-order valence-corrected chi connectivity index (χ4v) is 2.14. The summed E-state index contributed by atoms with van der Waals surface area (Å²) in [7, 11) is 0. The zero-order chi connectivity index (χ0) is 14.5. The summed E-state index contributed by atoms with van der Waals surface area (Å²) in [6, 6.07) is 3.90. The monoisotopic (exact) mass is 295 g/mol. The summed E-state index contributed by atoms with van der Waals surface area (Å²) in [5, 5.41) is 6.68. The molecule has 0 aliphatic heterocycles. The average molecular weight is 295 g/mol. The molecule has 2 N–H and O–H groups in total. The molecule has 5 heteroatoms. The summed E-state index contributed by atoms with van der Waals surface area (Å²) in [5.41, 5.74) is 0. The molecule has 0 aliphatic rings. The lowest BCUT2D eigenvalue weighted by atomic mass is 10.3. The molecule has 1 heterocycles. The summed E-state index contributed by atoms with van der Waals surface area (Å²) in [6.07, 6.45) is 5.55. The van der Waals surface area contributed by atoms with Gasteiger partial charge in [-0.25, -0.2) is 0 Å². The Morgan fingerprint density at radius 1 is 1.45 bits per heavy atom. The van der Waals surface area contributed by atoms with Crippen LogP contribution in [0.5, 0.6) is 0 Å². The van der Waals surface area contributed by atoms with Gasteiger partial charge in [0.15, 0.2) is 5.96 Å². The third kappa shape index (κ3) is 7.94. The third-order valence-electron chi connectivity index (χ3n) is 2.51. The number of hydrogen-bond acceptors (Lipinski definition) is 3. The van der Waals surface area contributed by atoms with Crippen LogP contribution in [0, 0.1) is 0 Å². The van der Waals surface area contributed by atoms with Crippen LogP contribution in [0.3, 0.4) is 0 Å². The Hall–Kier alpha value is -1.36. The molecule has 0 radical (unpaired) electrons. The maximum absolute atomic E-state index is 5.31. The Labute approximate surface area is 126 Å². The van der Waals surface area contributed by atoms with E-state index in [-0.39, 0.29) is 0 Å². The van der Waals surface area contributed by atoms with Crippen LogP contribution >= 0.6 is 11.8 Å². The van der Waals surface area contributed by atoms with E-state index >= 15 is 0 Å². The first-order valence-corrected chi connectivity index (χ1v) is 8.25. The number of furan rings is 1. The number of guanidine groups is 1. The molecule has 0 bridgehead atoms. The highest BCUT2D eigenvalue weighted by molar-refractivity contribution is 7.99. The molecular weight excluding hydrogens is 270 g/mol. The van der Waals surface area contributed by atoms with Crippen molar-refractivity contribution in [1.29, 1.82) is 0 Å². The Bertz CT molecular complexity index is 376. The van der Waals surface area contributed by atoms with Crippen molar-refractivity contribution in [3.05, 3.63) is 36.8 Å². The second-order valence-electron chi connectivity index (χ2n) is 4.28. The molecule has 0 aromatic carbocycles. The minimum atomic E-state index is 0.822. The first-order valence-electron chi connectivity index (χ1n) is 7.10. The van der Waals surface area contributed by atoms with Crippen molar-refractivity contribution >= 4 is 17.7 Å². The lowest BCUT2D eigenvalue weighted by Crippen LogP contribution is -2.39. The van der Waals surface area contributed by atoms with Gasteiger partial charge in [0, 0.05) is 37.6 Å². The summed E-state index contributed by atoms with van der Waals surface area (Å²) >= 11 is 1.86. The fourth-order valence-electron chi connectivity index (χ4n) is 1.57. The zero-order valence-electron chi connectivity index (χ0n) is 12.2. The molecule has 0 fully saturated rings. The molecule has 1 aromatic heterocycles. The van der Waals surface area contributed by atoms with E-state index in [0.29, 0.717) is 0 Å². The van der Waals surface area contributed by atoms with Gasteiger partial charge in [-0.3, -0.25) is 4.99 Å². The predicted octanol–water partition coefficient (Wildman–Crippen LogP) is 2.69. The van der Waals surface area contributed by atoms with E-state index in [1.54, 1.807) is 6.26 Å². The molecule has 0 atom stereocenters. The van der Waals surface area contributed by atoms with Gasteiger partial charge in [-0.2, -0.15) is 11.8 Å². The Morgan fingerprint density at radius 3 is 3.00 bits per heavy atom. The number of hydrogen-bond donors (Lipinski definition) is 2. The maximum Gasteiger partial charge on any atom is 0.191 e. The van der Waals surface area contributed by atoms with Crippen molar-refractivity contribution in [1.82, 2.24) is 10.6 Å². The average Bonchev–Trinajstić information content (AvgIpc) is 2.97. The second-order valence-corrected chi connectivity index (χ2v) is 5.43. The van der Waals surface area contributed by atoms with Crippen LogP contribution in [0.4, 0.5) is 0 Å². The van der Waals surface area contributed by atoms with Crippen LogP contribution < -0.4 is 10.6 Å². The van der Waals surface area contributed by atoms with E-state index < -0.39 is 0 Å². The van der Waals surface area contributed by atoms with Gasteiger partial charge in [-0.15, -0.1) is 6.58 Å². The molecule has 20 heavy (non-hydrogen) atoms. The zero-order valence-corrected chi connectivity index (χ0v) is 13.0. The summed E-state index contributed by atoms with van der Waals surface area (Å²) in [6.45, 7) is 8.42. The van der Waals surface area contributed by atoms with E-state index in [1.807, 2.05) is 30.0 Å². The lowest BCUT2D eigenvalue weighted by Gasteiger charge is -2.11. The number of nitrogens with zero attached hydrogens (tertiary/aromatic N) is 1. The molecule has 0 unspecified atom stereocenters. The number of rotatable bonds is 10. The number of aliphatic imine (C=N–C) groups is 1. The van der Waals surface area contributed by atoms with E-state index in [9.17, 15) is 0 Å². The molecule has 1 aromatic rings. The van der Waals surface area contributed by atoms with E-state index in [2.05, 4.69) is 29.1 Å². The van der Waals surface area contributed by atoms with Gasteiger partial charge in [-0.05, 0) is 18.6 Å². The minimum Gasteiger partial charge on any atom is -0.469 e. The molecule has 0 saturated carbocycles. The number of nitrogens with one attached hydrogen (secondary N) is 2. The van der Waals surface area contributed by atoms with E-state index in [0.717, 1.165) is 55.7 Å². The predicted molar refractivity (Wildman–Crippen MR) is 88.5 cm³/mol. The maximum atomic E-state index is 5.31. The van der Waals surface area contributed by atoms with Gasteiger partial charge in [-0.1, -0.05) is 13.0 Å². The van der Waals surface area contributed by atoms with E-state index in [1.165, 1.54) is 0 Å². The van der Waals surface area contributed by atoms with Gasteiger partial charge >= 0.3 is 0 Å². The molecule has 0 spiro atoms. The smallest absolute Gasteiger partial charge is 0.191 e. The molecule has 112 valence electrons. The fraction of sp³-hybridized carbons (Fsp3) is 0.533. The highest BCUT2D eigenvalue weighted by Crippen LogP contribution is 1.99. The first-order chi connectivity index (χ1) is 9.86. The lowest BCUT2D eigenvalue weighted by molar-refractivity contribution is 0.507. The van der Waals surface area contributed by atoms with Crippen molar-refractivity contribution in [2.75, 3.05) is 31.1 Å². The second kappa shape index (κ2) is 11.5. The van der Waals surface area contributed by atoms with E-state index in [4.69, 9.17) is 4.42 Å². The molecule has 0 saturated heterocycles. The quantitative estimate of drug-likeness (QED) is 0.301. The van der Waals surface area contributed by atoms with Gasteiger partial charge in [0.1, 0.15) is 5.76 Å². The topological polar surface area (TPSA) is 49.6 Å². The van der Waals surface area contributed by atoms with Crippen LogP contribution in [-0.2, 0) is 6.42 Å². The molecular formula is C15H25N3OS. The van der Waals surface area contributed by atoms with Gasteiger partial charge in [0.25, 0.3) is 0 Å². The Morgan fingerprint density at radius 2 is 2.30 bits per heavy atom. The molecule has 4 nitrogen and oxygen atoms in total. The SMILES string of the molecule is C=CCSCCNC(=NCCC)NCCc1ccco1. The summed E-state index contributed by atoms with van der Waals surface area (Å²) < 4.78 is 5.31. The normalized spacial score (nSPS) is 11.3. The van der Waals surface area contributed by atoms with Gasteiger partial charge < -0.3 is 15.1 Å². The van der Waals surface area contributed by atoms with Crippen molar-refractivity contribution in [3.63, 3.8) is 0 Å². The van der Waals surface area contributed by atoms with Crippen molar-refractivity contribution < 1.29 is 4.42 Å². The van der Waals surface area contributed by atoms with Gasteiger partial charge in [0.05, 0.1) is 6.26 Å². The third-order valence-corrected chi connectivity index (χ3v) is 3.48. The van der Waals surface area contributed by atoms with Crippen molar-refractivity contribution in [3.8, 4) is 0 Å². The standard InChI is InChI=1S/C15H25N3OS/c1-3-8-16-15(18-10-13-20-12-4-2)17-9-7-14-6-5-11-19-14/h4-6,11H,2-3,7-10,12-13H2,1H3,(H2,16,17,18). The Kier molecular flexibility index (Phi) is 9.57. The minimum absolute atomic E-state index is 0.822. The van der Waals surface area contributed by atoms with Crippen LogP contribution in [0.25, 0.3) is 0 Å². The highest BCUT2D eigenvalue weighted by atomic mass is 32.2. The molecule has 1 rings (SSSR count). The summed E-state index contributed by atoms with van der Waals surface area (Å²) in [5.74, 6) is 3.93. The van der Waals surface area contributed by atoms with Gasteiger partial charge in [0.2, 0.25) is 0 Å². The molecule has 0 aliphatic carbocycles. The number of thioether (sulfide) groups is 1. The van der Waals surface area contributed by atoms with Crippen LogP contribution in [-0.4, -0.2) is 37.1 Å². The van der Waals surface area contributed by atoms with Crippen molar-refractivity contribution in [2.45, 2.75) is 19.8 Å². The highest BCUT2D eigenvalue weighted by Gasteiger charge is 1.99. The van der Waals surface area contributed by atoms with Crippen molar-refractivity contribution in [2.24, 2.45) is 4.99 Å².